The Labute approximate surface area is 161 Å². The van der Waals surface area contributed by atoms with Gasteiger partial charge in [0.05, 0.1) is 0 Å². The molecule has 2 aromatic heterocycles. The number of aryl methyl sites for hydroxylation is 2. The summed E-state index contributed by atoms with van der Waals surface area (Å²) in [6.07, 6.45) is 6.40. The van der Waals surface area contributed by atoms with E-state index in [1.165, 1.54) is 24.1 Å². The molecule has 26 heavy (non-hydrogen) atoms. The lowest BCUT2D eigenvalue weighted by Gasteiger charge is -2.35. The van der Waals surface area contributed by atoms with Gasteiger partial charge in [0.25, 0.3) is 5.91 Å². The topological polar surface area (TPSA) is 71.3 Å². The zero-order valence-corrected chi connectivity index (χ0v) is 16.5. The molecule has 7 heteroatoms. The number of piperidine rings is 1. The molecule has 1 N–H and O–H groups in total. The number of nitrogens with zero attached hydrogens (tertiary/aromatic N) is 3. The van der Waals surface area contributed by atoms with Crippen LogP contribution < -0.4 is 10.2 Å². The van der Waals surface area contributed by atoms with E-state index >= 15 is 0 Å². The number of fused-ring (bicyclic) bond motifs is 1. The van der Waals surface area contributed by atoms with Crippen molar-refractivity contribution in [3.8, 4) is 0 Å². The van der Waals surface area contributed by atoms with Gasteiger partial charge < -0.3 is 14.6 Å². The lowest BCUT2D eigenvalue weighted by Crippen LogP contribution is -2.45. The summed E-state index contributed by atoms with van der Waals surface area (Å²) >= 11 is 3.23. The molecule has 4 rings (SSSR count). The summed E-state index contributed by atoms with van der Waals surface area (Å²) in [5.41, 5.74) is 2.57. The second-order valence-electron chi connectivity index (χ2n) is 7.07. The number of furan rings is 1. The minimum atomic E-state index is -0.149. The summed E-state index contributed by atoms with van der Waals surface area (Å²) in [7, 11) is 0. The standard InChI is InChI=1S/C19H23BrN4O2/c1-12-21-15-5-3-2-4-14(15)18(22-12)24-10-8-13(9-11-24)23-19(25)16-6-7-17(20)26-16/h6-7,13H,2-5,8-11H2,1H3,(H,23,25). The molecule has 1 fully saturated rings. The first-order valence-corrected chi connectivity index (χ1v) is 10.1. The van der Waals surface area contributed by atoms with Gasteiger partial charge in [-0.2, -0.15) is 0 Å². The number of hydrogen-bond donors (Lipinski definition) is 1. The predicted molar refractivity (Wildman–Crippen MR) is 103 cm³/mol. The van der Waals surface area contributed by atoms with E-state index in [9.17, 15) is 4.79 Å². The Balaban J connectivity index is 1.41. The second kappa shape index (κ2) is 7.39. The van der Waals surface area contributed by atoms with E-state index in [2.05, 4.69) is 31.1 Å². The molecule has 0 unspecified atom stereocenters. The molecule has 0 saturated carbocycles. The molecule has 1 aliphatic heterocycles. The minimum Gasteiger partial charge on any atom is -0.444 e. The average molecular weight is 419 g/mol. The van der Waals surface area contributed by atoms with Crippen LogP contribution in [0.3, 0.4) is 0 Å². The third-order valence-electron chi connectivity index (χ3n) is 5.20. The normalized spacial score (nSPS) is 17.8. The van der Waals surface area contributed by atoms with Crippen LogP contribution in [-0.2, 0) is 12.8 Å². The summed E-state index contributed by atoms with van der Waals surface area (Å²) in [6.45, 7) is 3.78. The summed E-state index contributed by atoms with van der Waals surface area (Å²) in [6, 6.07) is 3.59. The zero-order chi connectivity index (χ0) is 18.1. The molecule has 0 radical (unpaired) electrons. The largest absolute Gasteiger partial charge is 0.444 e. The molecule has 6 nitrogen and oxygen atoms in total. The summed E-state index contributed by atoms with van der Waals surface area (Å²) in [4.78, 5) is 24.0. The van der Waals surface area contributed by atoms with Crippen LogP contribution in [0.25, 0.3) is 0 Å². The Morgan fingerprint density at radius 1 is 1.23 bits per heavy atom. The molecule has 0 aromatic carbocycles. The van der Waals surface area contributed by atoms with Gasteiger partial charge in [-0.25, -0.2) is 9.97 Å². The number of anilines is 1. The van der Waals surface area contributed by atoms with Crippen molar-refractivity contribution in [3.63, 3.8) is 0 Å². The maximum absolute atomic E-state index is 12.3. The number of halogens is 1. The zero-order valence-electron chi connectivity index (χ0n) is 14.9. The molecule has 0 spiro atoms. The monoisotopic (exact) mass is 418 g/mol. The third-order valence-corrected chi connectivity index (χ3v) is 5.63. The Kier molecular flexibility index (Phi) is 4.98. The van der Waals surface area contributed by atoms with Gasteiger partial charge in [0.1, 0.15) is 11.6 Å². The van der Waals surface area contributed by atoms with Crippen LogP contribution >= 0.6 is 15.9 Å². The van der Waals surface area contributed by atoms with Gasteiger partial charge in [-0.1, -0.05) is 0 Å². The Morgan fingerprint density at radius 3 is 2.73 bits per heavy atom. The van der Waals surface area contributed by atoms with Gasteiger partial charge in [0, 0.05) is 30.4 Å². The van der Waals surface area contributed by atoms with Crippen LogP contribution in [0.5, 0.6) is 0 Å². The van der Waals surface area contributed by atoms with Gasteiger partial charge >= 0.3 is 0 Å². The van der Waals surface area contributed by atoms with Crippen molar-refractivity contribution in [1.29, 1.82) is 0 Å². The Morgan fingerprint density at radius 2 is 2.00 bits per heavy atom. The van der Waals surface area contributed by atoms with Crippen LogP contribution in [0.4, 0.5) is 5.82 Å². The number of amides is 1. The fourth-order valence-electron chi connectivity index (χ4n) is 3.88. The Hall–Kier alpha value is -1.89. The van der Waals surface area contributed by atoms with Crippen LogP contribution in [0.2, 0.25) is 0 Å². The van der Waals surface area contributed by atoms with Crippen molar-refractivity contribution in [1.82, 2.24) is 15.3 Å². The molecule has 1 aliphatic carbocycles. The number of carbonyl (C=O) groups is 1. The van der Waals surface area contributed by atoms with E-state index in [-0.39, 0.29) is 11.9 Å². The van der Waals surface area contributed by atoms with Crippen molar-refractivity contribution in [2.45, 2.75) is 51.5 Å². The molecule has 1 saturated heterocycles. The first kappa shape index (κ1) is 17.5. The fourth-order valence-corrected chi connectivity index (χ4v) is 4.19. The fraction of sp³-hybridized carbons (Fsp3) is 0.526. The highest BCUT2D eigenvalue weighted by Crippen LogP contribution is 2.29. The average Bonchev–Trinajstić information content (AvgIpc) is 3.08. The van der Waals surface area contributed by atoms with Gasteiger partial charge in [0.15, 0.2) is 10.4 Å². The summed E-state index contributed by atoms with van der Waals surface area (Å²) in [5.74, 6) is 2.18. The van der Waals surface area contributed by atoms with Crippen molar-refractivity contribution in [3.05, 3.63) is 39.6 Å². The molecule has 0 atom stereocenters. The smallest absolute Gasteiger partial charge is 0.287 e. The first-order chi connectivity index (χ1) is 12.6. The number of nitrogens with one attached hydrogen (secondary N) is 1. The maximum atomic E-state index is 12.3. The Bertz CT molecular complexity index is 812. The highest BCUT2D eigenvalue weighted by atomic mass is 79.9. The van der Waals surface area contributed by atoms with E-state index in [0.717, 1.165) is 50.4 Å². The molecular weight excluding hydrogens is 396 g/mol. The van der Waals surface area contributed by atoms with Gasteiger partial charge in [-0.15, -0.1) is 0 Å². The number of carbonyl (C=O) groups excluding carboxylic acids is 1. The number of hydrogen-bond acceptors (Lipinski definition) is 5. The molecular formula is C19H23BrN4O2. The quantitative estimate of drug-likeness (QED) is 0.826. The maximum Gasteiger partial charge on any atom is 0.287 e. The van der Waals surface area contributed by atoms with Gasteiger partial charge in [-0.3, -0.25) is 4.79 Å². The van der Waals surface area contributed by atoms with E-state index in [1.54, 1.807) is 12.1 Å². The van der Waals surface area contributed by atoms with Gasteiger partial charge in [-0.05, 0) is 73.5 Å². The molecule has 2 aliphatic rings. The first-order valence-electron chi connectivity index (χ1n) is 9.27. The molecule has 3 heterocycles. The lowest BCUT2D eigenvalue weighted by atomic mass is 9.95. The minimum absolute atomic E-state index is 0.149. The van der Waals surface area contributed by atoms with Crippen LogP contribution in [-0.4, -0.2) is 35.0 Å². The van der Waals surface area contributed by atoms with E-state index in [4.69, 9.17) is 9.40 Å². The lowest BCUT2D eigenvalue weighted by molar-refractivity contribution is 0.0901. The molecule has 2 aromatic rings. The number of rotatable bonds is 3. The molecule has 0 bridgehead atoms. The summed E-state index contributed by atoms with van der Waals surface area (Å²) < 4.78 is 5.90. The third kappa shape index (κ3) is 3.63. The van der Waals surface area contributed by atoms with Crippen molar-refractivity contribution in [2.75, 3.05) is 18.0 Å². The SMILES string of the molecule is Cc1nc2c(c(N3CCC(NC(=O)c4ccc(Br)o4)CC3)n1)CCCC2. The van der Waals surface area contributed by atoms with Crippen LogP contribution in [0.15, 0.2) is 21.2 Å². The number of aromatic nitrogens is 2. The second-order valence-corrected chi connectivity index (χ2v) is 7.85. The predicted octanol–water partition coefficient (Wildman–Crippen LogP) is 3.42. The van der Waals surface area contributed by atoms with Crippen LogP contribution in [0, 0.1) is 6.92 Å². The van der Waals surface area contributed by atoms with Crippen molar-refractivity contribution >= 4 is 27.7 Å². The van der Waals surface area contributed by atoms with E-state index < -0.39 is 0 Å². The highest BCUT2D eigenvalue weighted by molar-refractivity contribution is 9.10. The van der Waals surface area contributed by atoms with Crippen LogP contribution in [0.1, 0.15) is 53.3 Å². The van der Waals surface area contributed by atoms with Gasteiger partial charge in [0.2, 0.25) is 0 Å². The molecule has 138 valence electrons. The molecule has 1 amide bonds. The summed E-state index contributed by atoms with van der Waals surface area (Å²) in [5, 5.41) is 3.08. The van der Waals surface area contributed by atoms with Crippen molar-refractivity contribution in [2.24, 2.45) is 0 Å². The van der Waals surface area contributed by atoms with E-state index in [1.807, 2.05) is 6.92 Å². The van der Waals surface area contributed by atoms with Crippen molar-refractivity contribution < 1.29 is 9.21 Å². The highest BCUT2D eigenvalue weighted by Gasteiger charge is 2.26. The van der Waals surface area contributed by atoms with E-state index in [0.29, 0.717) is 10.4 Å².